The van der Waals surface area contributed by atoms with Gasteiger partial charge < -0.3 is 16.0 Å². The molecule has 1 aromatic heterocycles. The minimum atomic E-state index is -0.341. The second-order valence-corrected chi connectivity index (χ2v) is 6.07. The van der Waals surface area contributed by atoms with E-state index in [0.717, 1.165) is 23.5 Å². The molecule has 1 aromatic rings. The van der Waals surface area contributed by atoms with Gasteiger partial charge in [-0.1, -0.05) is 0 Å². The number of aromatic nitrogens is 1. The van der Waals surface area contributed by atoms with E-state index in [4.69, 9.17) is 5.73 Å². The summed E-state index contributed by atoms with van der Waals surface area (Å²) in [5.74, 6) is 0.484. The second kappa shape index (κ2) is 6.70. The fourth-order valence-corrected chi connectivity index (χ4v) is 1.95. The van der Waals surface area contributed by atoms with E-state index < -0.39 is 0 Å². The van der Waals surface area contributed by atoms with Gasteiger partial charge in [0.15, 0.2) is 0 Å². The zero-order chi connectivity index (χ0) is 15.3. The first-order valence-corrected chi connectivity index (χ1v) is 6.96. The summed E-state index contributed by atoms with van der Waals surface area (Å²) < 4.78 is 0. The van der Waals surface area contributed by atoms with Gasteiger partial charge in [-0.2, -0.15) is 0 Å². The molecule has 0 spiro atoms. The molecule has 0 bridgehead atoms. The van der Waals surface area contributed by atoms with Crippen LogP contribution in [0.1, 0.15) is 38.8 Å². The molecular weight excluding hydrogens is 252 g/mol. The van der Waals surface area contributed by atoms with Gasteiger partial charge in [0.1, 0.15) is 5.82 Å². The summed E-state index contributed by atoms with van der Waals surface area (Å²) >= 11 is 0. The number of amides is 1. The van der Waals surface area contributed by atoms with Crippen LogP contribution in [-0.4, -0.2) is 29.5 Å². The van der Waals surface area contributed by atoms with E-state index in [-0.39, 0.29) is 18.0 Å². The van der Waals surface area contributed by atoms with Crippen molar-refractivity contribution in [1.29, 1.82) is 0 Å². The molecule has 0 aliphatic carbocycles. The lowest BCUT2D eigenvalue weighted by molar-refractivity contribution is -0.116. The molecule has 1 amide bonds. The molecule has 0 atom stereocenters. The summed E-state index contributed by atoms with van der Waals surface area (Å²) in [5.41, 5.74) is 7.53. The van der Waals surface area contributed by atoms with Gasteiger partial charge in [-0.3, -0.25) is 4.79 Å². The van der Waals surface area contributed by atoms with Crippen LogP contribution in [0.5, 0.6) is 0 Å². The van der Waals surface area contributed by atoms with Crippen LogP contribution in [0.25, 0.3) is 0 Å². The summed E-state index contributed by atoms with van der Waals surface area (Å²) in [5, 5.41) is 3.43. The highest BCUT2D eigenvalue weighted by atomic mass is 16.1. The zero-order valence-electron chi connectivity index (χ0n) is 13.2. The molecule has 5 heteroatoms. The van der Waals surface area contributed by atoms with Crippen LogP contribution < -0.4 is 16.0 Å². The highest BCUT2D eigenvalue weighted by Gasteiger charge is 2.13. The van der Waals surface area contributed by atoms with Gasteiger partial charge in [0, 0.05) is 24.8 Å². The molecule has 1 rings (SSSR count). The van der Waals surface area contributed by atoms with Gasteiger partial charge in [-0.05, 0) is 51.8 Å². The van der Waals surface area contributed by atoms with E-state index in [1.807, 2.05) is 24.9 Å². The van der Waals surface area contributed by atoms with Gasteiger partial charge >= 0.3 is 0 Å². The van der Waals surface area contributed by atoms with Crippen molar-refractivity contribution >= 4 is 11.7 Å². The average Bonchev–Trinajstić information content (AvgIpc) is 2.33. The average molecular weight is 278 g/mol. The molecule has 0 saturated carbocycles. The van der Waals surface area contributed by atoms with Crippen molar-refractivity contribution in [3.05, 3.63) is 23.4 Å². The molecule has 3 N–H and O–H groups in total. The molecule has 20 heavy (non-hydrogen) atoms. The van der Waals surface area contributed by atoms with E-state index in [1.54, 1.807) is 0 Å². The number of nitrogens with one attached hydrogen (secondary N) is 1. The number of likely N-dealkylation sites (N-methyl/N-ethyl adjacent to an activating group) is 1. The Balaban J connectivity index is 2.84. The minimum Gasteiger partial charge on any atom is -0.368 e. The summed E-state index contributed by atoms with van der Waals surface area (Å²) in [6.07, 6.45) is 1.85. The molecule has 0 aromatic carbocycles. The molecule has 1 heterocycles. The smallest absolute Gasteiger partial charge is 0.236 e. The van der Waals surface area contributed by atoms with E-state index >= 15 is 0 Å². The van der Waals surface area contributed by atoms with Crippen molar-refractivity contribution < 1.29 is 4.79 Å². The van der Waals surface area contributed by atoms with Gasteiger partial charge in [0.05, 0.1) is 6.54 Å². The Bertz CT molecular complexity index is 465. The van der Waals surface area contributed by atoms with E-state index in [0.29, 0.717) is 6.54 Å². The number of hydrogen-bond donors (Lipinski definition) is 2. The maximum absolute atomic E-state index is 11.1. The number of carbonyl (C=O) groups is 1. The third kappa shape index (κ3) is 5.17. The Morgan fingerprint density at radius 1 is 1.45 bits per heavy atom. The third-order valence-corrected chi connectivity index (χ3v) is 2.96. The highest BCUT2D eigenvalue weighted by molar-refractivity contribution is 5.79. The maximum atomic E-state index is 11.1. The standard InChI is InChI=1S/C15H26N4O/c1-6-19(10-13(16)20)14-11(2)7-12(8-17-14)9-18-15(3,4)5/h7-8,18H,6,9-10H2,1-5H3,(H2,16,20). The molecular formula is C15H26N4O. The maximum Gasteiger partial charge on any atom is 0.236 e. The monoisotopic (exact) mass is 278 g/mol. The van der Waals surface area contributed by atoms with Crippen LogP contribution in [-0.2, 0) is 11.3 Å². The number of nitrogens with zero attached hydrogens (tertiary/aromatic N) is 2. The topological polar surface area (TPSA) is 71.2 Å². The number of primary amides is 1. The number of aryl methyl sites for hydroxylation is 1. The Morgan fingerprint density at radius 2 is 2.10 bits per heavy atom. The number of hydrogen-bond acceptors (Lipinski definition) is 4. The van der Waals surface area contributed by atoms with Crippen LogP contribution in [0.3, 0.4) is 0 Å². The molecule has 0 fully saturated rings. The number of nitrogens with two attached hydrogens (primary N) is 1. The van der Waals surface area contributed by atoms with Crippen LogP contribution in [0.4, 0.5) is 5.82 Å². The normalized spacial score (nSPS) is 11.4. The lowest BCUT2D eigenvalue weighted by atomic mass is 10.1. The minimum absolute atomic E-state index is 0.0774. The fourth-order valence-electron chi connectivity index (χ4n) is 1.95. The first-order chi connectivity index (χ1) is 9.23. The first kappa shape index (κ1) is 16.4. The summed E-state index contributed by atoms with van der Waals surface area (Å²) in [7, 11) is 0. The lowest BCUT2D eigenvalue weighted by Crippen LogP contribution is -2.35. The van der Waals surface area contributed by atoms with Gasteiger partial charge in [0.2, 0.25) is 5.91 Å². The van der Waals surface area contributed by atoms with Crippen molar-refractivity contribution in [3.63, 3.8) is 0 Å². The molecule has 0 unspecified atom stereocenters. The number of anilines is 1. The molecule has 0 radical (unpaired) electrons. The van der Waals surface area contributed by atoms with E-state index in [1.165, 1.54) is 0 Å². The number of carbonyl (C=O) groups excluding carboxylic acids is 1. The van der Waals surface area contributed by atoms with Gasteiger partial charge in [-0.25, -0.2) is 4.98 Å². The molecule has 0 aliphatic rings. The Labute approximate surface area is 121 Å². The first-order valence-electron chi connectivity index (χ1n) is 6.96. The van der Waals surface area contributed by atoms with Crippen LogP contribution in [0, 0.1) is 6.92 Å². The van der Waals surface area contributed by atoms with E-state index in [9.17, 15) is 4.79 Å². The van der Waals surface area contributed by atoms with Crippen LogP contribution >= 0.6 is 0 Å². The second-order valence-electron chi connectivity index (χ2n) is 6.07. The SMILES string of the molecule is CCN(CC(N)=O)c1ncc(CNC(C)(C)C)cc1C. The fraction of sp³-hybridized carbons (Fsp3) is 0.600. The van der Waals surface area contributed by atoms with Crippen molar-refractivity contribution in [2.24, 2.45) is 5.73 Å². The highest BCUT2D eigenvalue weighted by Crippen LogP contribution is 2.18. The van der Waals surface area contributed by atoms with Crippen LogP contribution in [0.15, 0.2) is 12.3 Å². The quantitative estimate of drug-likeness (QED) is 0.829. The van der Waals surface area contributed by atoms with Crippen LogP contribution in [0.2, 0.25) is 0 Å². The Hall–Kier alpha value is -1.62. The van der Waals surface area contributed by atoms with Crippen molar-refractivity contribution in [1.82, 2.24) is 10.3 Å². The molecule has 5 nitrogen and oxygen atoms in total. The molecule has 112 valence electrons. The lowest BCUT2D eigenvalue weighted by Gasteiger charge is -2.23. The van der Waals surface area contributed by atoms with Crippen molar-refractivity contribution in [2.45, 2.75) is 46.7 Å². The van der Waals surface area contributed by atoms with E-state index in [2.05, 4.69) is 37.1 Å². The van der Waals surface area contributed by atoms with Crippen molar-refractivity contribution in [2.75, 3.05) is 18.0 Å². The number of pyridine rings is 1. The predicted molar refractivity (Wildman–Crippen MR) is 82.6 cm³/mol. The van der Waals surface area contributed by atoms with Crippen molar-refractivity contribution in [3.8, 4) is 0 Å². The molecule has 0 saturated heterocycles. The molecule has 0 aliphatic heterocycles. The Kier molecular flexibility index (Phi) is 5.51. The summed E-state index contributed by atoms with van der Waals surface area (Å²) in [4.78, 5) is 17.4. The summed E-state index contributed by atoms with van der Waals surface area (Å²) in [6.45, 7) is 12.1. The predicted octanol–water partition coefficient (Wildman–Crippen LogP) is 1.59. The Morgan fingerprint density at radius 3 is 2.55 bits per heavy atom. The zero-order valence-corrected chi connectivity index (χ0v) is 13.2. The van der Waals surface area contributed by atoms with Gasteiger partial charge in [0.25, 0.3) is 0 Å². The summed E-state index contributed by atoms with van der Waals surface area (Å²) in [6, 6.07) is 2.10. The largest absolute Gasteiger partial charge is 0.368 e. The number of rotatable bonds is 6. The van der Waals surface area contributed by atoms with Gasteiger partial charge in [-0.15, -0.1) is 0 Å². The third-order valence-electron chi connectivity index (χ3n) is 2.96.